The highest BCUT2D eigenvalue weighted by Crippen LogP contribution is 2.54. The third kappa shape index (κ3) is 3.36. The van der Waals surface area contributed by atoms with E-state index in [4.69, 9.17) is 9.47 Å². The lowest BCUT2D eigenvalue weighted by molar-refractivity contribution is 0.371. The summed E-state index contributed by atoms with van der Waals surface area (Å²) in [6.07, 6.45) is 4.37. The Labute approximate surface area is 205 Å². The fraction of sp³-hybridized carbons (Fsp3) is 0.161. The molecule has 6 rings (SSSR count). The highest BCUT2D eigenvalue weighted by molar-refractivity contribution is 6.04. The lowest BCUT2D eigenvalue weighted by atomic mass is 9.82. The first-order valence-corrected chi connectivity index (χ1v) is 11.8. The predicted octanol–water partition coefficient (Wildman–Crippen LogP) is 7.72. The fourth-order valence-corrected chi connectivity index (χ4v) is 5.47. The van der Waals surface area contributed by atoms with Crippen molar-refractivity contribution in [1.82, 2.24) is 0 Å². The molecule has 0 saturated carbocycles. The molecule has 0 spiro atoms. The van der Waals surface area contributed by atoms with Crippen molar-refractivity contribution in [2.45, 2.75) is 26.3 Å². The number of allylic oxidation sites excluding steroid dienone is 1. The number of methoxy groups -OCH3 is 1. The van der Waals surface area contributed by atoms with Gasteiger partial charge in [0, 0.05) is 22.4 Å². The molecule has 0 aliphatic carbocycles. The van der Waals surface area contributed by atoms with Gasteiger partial charge < -0.3 is 19.9 Å². The van der Waals surface area contributed by atoms with Crippen LogP contribution in [0.15, 0.2) is 72.8 Å². The van der Waals surface area contributed by atoms with Crippen molar-refractivity contribution < 1.29 is 14.6 Å². The Morgan fingerprint density at radius 2 is 1.71 bits per heavy atom. The number of phenols is 1. The Morgan fingerprint density at radius 1 is 0.914 bits per heavy atom. The average Bonchev–Trinajstić information content (AvgIpc) is 2.83. The molecule has 2 N–H and O–H groups in total. The molecule has 0 atom stereocenters. The van der Waals surface area contributed by atoms with Crippen LogP contribution >= 0.6 is 0 Å². The SMILES string of the molecule is COc1c(O)ccc2c1-c1ccc3c(c1/C(=C/c1cccc4ccccc14)O2)C(C)=CC(C)(C)N3. The topological polar surface area (TPSA) is 50.7 Å². The van der Waals surface area contributed by atoms with Crippen LogP contribution in [-0.4, -0.2) is 17.8 Å². The molecule has 0 bridgehead atoms. The fourth-order valence-electron chi connectivity index (χ4n) is 5.47. The molecule has 4 heteroatoms. The summed E-state index contributed by atoms with van der Waals surface area (Å²) in [5.74, 6) is 1.93. The van der Waals surface area contributed by atoms with E-state index in [0.717, 1.165) is 44.7 Å². The third-order valence-corrected chi connectivity index (χ3v) is 6.78. The number of anilines is 1. The van der Waals surface area contributed by atoms with Crippen LogP contribution < -0.4 is 14.8 Å². The molecule has 0 unspecified atom stereocenters. The summed E-state index contributed by atoms with van der Waals surface area (Å²) in [5.41, 5.74) is 6.99. The van der Waals surface area contributed by atoms with E-state index in [1.54, 1.807) is 19.2 Å². The van der Waals surface area contributed by atoms with Gasteiger partial charge in [-0.05, 0) is 67.0 Å². The van der Waals surface area contributed by atoms with Crippen LogP contribution in [-0.2, 0) is 0 Å². The normalized spacial score (nSPS) is 16.5. The van der Waals surface area contributed by atoms with Crippen molar-refractivity contribution in [3.8, 4) is 28.4 Å². The van der Waals surface area contributed by atoms with Gasteiger partial charge >= 0.3 is 0 Å². The lowest BCUT2D eigenvalue weighted by Crippen LogP contribution is -2.32. The number of hydrogen-bond donors (Lipinski definition) is 2. The molecule has 0 radical (unpaired) electrons. The van der Waals surface area contributed by atoms with E-state index in [2.05, 4.69) is 92.8 Å². The van der Waals surface area contributed by atoms with Gasteiger partial charge in [0.25, 0.3) is 0 Å². The zero-order valence-electron chi connectivity index (χ0n) is 20.3. The standard InChI is InChI=1S/C31H27NO3/c1-18-17-31(2,3)32-23-13-12-22-28(27(18)23)26(35-25-15-14-24(33)30(34-4)29(22)25)16-20-10-7-9-19-8-5-6-11-21(19)20/h5-17,32-33H,1-4H3/b26-16-. The quantitative estimate of drug-likeness (QED) is 0.321. The van der Waals surface area contributed by atoms with E-state index < -0.39 is 0 Å². The number of benzene rings is 4. The van der Waals surface area contributed by atoms with Crippen LogP contribution in [0.25, 0.3) is 39.3 Å². The average molecular weight is 462 g/mol. The number of hydrogen-bond acceptors (Lipinski definition) is 4. The summed E-state index contributed by atoms with van der Waals surface area (Å²) < 4.78 is 12.2. The van der Waals surface area contributed by atoms with Crippen LogP contribution in [0.2, 0.25) is 0 Å². The van der Waals surface area contributed by atoms with E-state index in [0.29, 0.717) is 11.5 Å². The Morgan fingerprint density at radius 3 is 2.54 bits per heavy atom. The molecular weight excluding hydrogens is 434 g/mol. The summed E-state index contributed by atoms with van der Waals surface area (Å²) >= 11 is 0. The largest absolute Gasteiger partial charge is 0.504 e. The number of fused-ring (bicyclic) bond motifs is 6. The molecule has 0 saturated heterocycles. The number of nitrogens with one attached hydrogen (secondary N) is 1. The molecule has 4 aromatic carbocycles. The van der Waals surface area contributed by atoms with E-state index >= 15 is 0 Å². The van der Waals surface area contributed by atoms with Gasteiger partial charge in [-0.1, -0.05) is 54.6 Å². The molecule has 174 valence electrons. The maximum atomic E-state index is 10.6. The van der Waals surface area contributed by atoms with Gasteiger partial charge in [-0.15, -0.1) is 0 Å². The first-order chi connectivity index (χ1) is 16.9. The van der Waals surface area contributed by atoms with Gasteiger partial charge in [0.2, 0.25) is 0 Å². The Balaban J connectivity index is 1.68. The van der Waals surface area contributed by atoms with Crippen molar-refractivity contribution in [2.24, 2.45) is 0 Å². The highest BCUT2D eigenvalue weighted by atomic mass is 16.5. The summed E-state index contributed by atoms with van der Waals surface area (Å²) in [7, 11) is 1.57. The Bertz CT molecular complexity index is 1570. The second-order valence-corrected chi connectivity index (χ2v) is 9.75. The molecule has 0 fully saturated rings. The number of rotatable bonds is 2. The minimum atomic E-state index is -0.159. The minimum absolute atomic E-state index is 0.0894. The number of aromatic hydroxyl groups is 1. The predicted molar refractivity (Wildman–Crippen MR) is 144 cm³/mol. The second kappa shape index (κ2) is 7.67. The van der Waals surface area contributed by atoms with Gasteiger partial charge in [-0.3, -0.25) is 0 Å². The Kier molecular flexibility index (Phi) is 4.68. The van der Waals surface area contributed by atoms with E-state index in [1.165, 1.54) is 11.0 Å². The zero-order chi connectivity index (χ0) is 24.3. The molecule has 2 aliphatic rings. The summed E-state index contributed by atoms with van der Waals surface area (Å²) in [6, 6.07) is 22.3. The van der Waals surface area contributed by atoms with E-state index in [1.807, 2.05) is 0 Å². The molecule has 0 amide bonds. The molecule has 2 heterocycles. The molecule has 2 aliphatic heterocycles. The van der Waals surface area contributed by atoms with Crippen molar-refractivity contribution in [3.63, 3.8) is 0 Å². The maximum absolute atomic E-state index is 10.6. The van der Waals surface area contributed by atoms with Crippen LogP contribution in [0.5, 0.6) is 17.2 Å². The maximum Gasteiger partial charge on any atom is 0.172 e. The molecular formula is C31H27NO3. The van der Waals surface area contributed by atoms with Gasteiger partial charge in [-0.2, -0.15) is 0 Å². The first kappa shape index (κ1) is 21.4. The van der Waals surface area contributed by atoms with Crippen LogP contribution in [0.4, 0.5) is 5.69 Å². The lowest BCUT2D eigenvalue weighted by Gasteiger charge is -2.35. The second-order valence-electron chi connectivity index (χ2n) is 9.75. The number of ether oxygens (including phenoxy) is 2. The molecule has 4 aromatic rings. The molecule has 35 heavy (non-hydrogen) atoms. The molecule has 0 aromatic heterocycles. The van der Waals surface area contributed by atoms with Gasteiger partial charge in [0.05, 0.1) is 18.2 Å². The minimum Gasteiger partial charge on any atom is -0.504 e. The third-order valence-electron chi connectivity index (χ3n) is 6.78. The van der Waals surface area contributed by atoms with Crippen LogP contribution in [0, 0.1) is 0 Å². The van der Waals surface area contributed by atoms with Crippen LogP contribution in [0.3, 0.4) is 0 Å². The van der Waals surface area contributed by atoms with Gasteiger partial charge in [-0.25, -0.2) is 0 Å². The smallest absolute Gasteiger partial charge is 0.172 e. The summed E-state index contributed by atoms with van der Waals surface area (Å²) in [6.45, 7) is 6.48. The van der Waals surface area contributed by atoms with E-state index in [-0.39, 0.29) is 11.3 Å². The summed E-state index contributed by atoms with van der Waals surface area (Å²) in [5, 5.41) is 16.6. The highest BCUT2D eigenvalue weighted by Gasteiger charge is 2.33. The Hall–Kier alpha value is -4.18. The van der Waals surface area contributed by atoms with Gasteiger partial charge in [0.15, 0.2) is 11.5 Å². The van der Waals surface area contributed by atoms with Crippen LogP contribution in [0.1, 0.15) is 37.5 Å². The summed E-state index contributed by atoms with van der Waals surface area (Å²) in [4.78, 5) is 0. The first-order valence-electron chi connectivity index (χ1n) is 11.8. The van der Waals surface area contributed by atoms with Crippen molar-refractivity contribution >= 4 is 33.9 Å². The van der Waals surface area contributed by atoms with E-state index in [9.17, 15) is 5.11 Å². The van der Waals surface area contributed by atoms with Gasteiger partial charge in [0.1, 0.15) is 11.5 Å². The van der Waals surface area contributed by atoms with Crippen molar-refractivity contribution in [2.75, 3.05) is 12.4 Å². The molecule has 4 nitrogen and oxygen atoms in total. The van der Waals surface area contributed by atoms with Crippen molar-refractivity contribution in [1.29, 1.82) is 0 Å². The monoisotopic (exact) mass is 461 g/mol. The number of phenolic OH excluding ortho intramolecular Hbond substituents is 1. The zero-order valence-corrected chi connectivity index (χ0v) is 20.3. The van der Waals surface area contributed by atoms with Crippen molar-refractivity contribution in [3.05, 3.63) is 89.5 Å².